The van der Waals surface area contributed by atoms with Crippen molar-refractivity contribution in [2.24, 2.45) is 0 Å². The molecule has 17 heavy (non-hydrogen) atoms. The molecule has 0 aliphatic carbocycles. The fourth-order valence-corrected chi connectivity index (χ4v) is 2.10. The van der Waals surface area contributed by atoms with E-state index in [0.29, 0.717) is 6.04 Å². The molecule has 0 unspecified atom stereocenters. The predicted molar refractivity (Wildman–Crippen MR) is 72.8 cm³/mol. The van der Waals surface area contributed by atoms with Gasteiger partial charge >= 0.3 is 0 Å². The van der Waals surface area contributed by atoms with Gasteiger partial charge in [-0.3, -0.25) is 0 Å². The summed E-state index contributed by atoms with van der Waals surface area (Å²) in [6, 6.07) is 10.8. The van der Waals surface area contributed by atoms with Crippen molar-refractivity contribution in [1.82, 2.24) is 5.32 Å². The monoisotopic (exact) mass is 293 g/mol. The van der Waals surface area contributed by atoms with Crippen molar-refractivity contribution >= 4 is 15.9 Å². The number of rotatable bonds is 4. The molecule has 0 aliphatic heterocycles. The molecule has 0 amide bonds. The topological polar surface area (TPSA) is 25.2 Å². The zero-order chi connectivity index (χ0) is 12.3. The quantitative estimate of drug-likeness (QED) is 0.914. The molecule has 2 nitrogen and oxygen atoms in total. The molecule has 0 spiro atoms. The van der Waals surface area contributed by atoms with E-state index in [1.54, 1.807) is 6.26 Å². The van der Waals surface area contributed by atoms with Crippen LogP contribution in [0.1, 0.15) is 29.9 Å². The molecule has 0 saturated carbocycles. The largest absolute Gasteiger partial charge is 0.467 e. The molecular formula is C14H16BrNO. The number of nitrogens with one attached hydrogen (secondary N) is 1. The molecule has 1 N–H and O–H groups in total. The second-order valence-corrected chi connectivity index (χ2v) is 5.06. The van der Waals surface area contributed by atoms with Crippen LogP contribution in [-0.4, -0.2) is 0 Å². The first kappa shape index (κ1) is 12.4. The Balaban J connectivity index is 1.98. The average molecular weight is 294 g/mol. The van der Waals surface area contributed by atoms with E-state index in [1.165, 1.54) is 11.1 Å². The Bertz CT molecular complexity index is 492. The summed E-state index contributed by atoms with van der Waals surface area (Å²) in [7, 11) is 0. The minimum Gasteiger partial charge on any atom is -0.467 e. The van der Waals surface area contributed by atoms with Crippen LogP contribution in [0.25, 0.3) is 0 Å². The highest BCUT2D eigenvalue weighted by molar-refractivity contribution is 9.10. The minimum atomic E-state index is 0.312. The second-order valence-electron chi connectivity index (χ2n) is 4.21. The molecule has 2 aromatic rings. The third-order valence-electron chi connectivity index (χ3n) is 2.80. The van der Waals surface area contributed by atoms with Crippen molar-refractivity contribution in [3.05, 3.63) is 58.0 Å². The standard InChI is InChI=1S/C14H16BrNO/c1-10-4-3-5-12(8-10)11(2)16-9-14-13(15)6-7-17-14/h3-8,11,16H,9H2,1-2H3/t11-/m0/s1. The molecule has 1 aromatic carbocycles. The van der Waals surface area contributed by atoms with Crippen LogP contribution in [-0.2, 0) is 6.54 Å². The van der Waals surface area contributed by atoms with Crippen molar-refractivity contribution in [2.45, 2.75) is 26.4 Å². The molecule has 1 atom stereocenters. The molecule has 0 bridgehead atoms. The van der Waals surface area contributed by atoms with E-state index in [9.17, 15) is 0 Å². The van der Waals surface area contributed by atoms with Gasteiger partial charge in [0.2, 0.25) is 0 Å². The van der Waals surface area contributed by atoms with Crippen LogP contribution >= 0.6 is 15.9 Å². The van der Waals surface area contributed by atoms with Crippen LogP contribution in [0, 0.1) is 6.92 Å². The molecule has 0 fully saturated rings. The zero-order valence-electron chi connectivity index (χ0n) is 10.0. The van der Waals surface area contributed by atoms with E-state index >= 15 is 0 Å². The molecule has 90 valence electrons. The van der Waals surface area contributed by atoms with Gasteiger partial charge in [0.05, 0.1) is 17.3 Å². The maximum Gasteiger partial charge on any atom is 0.131 e. The number of aryl methyl sites for hydroxylation is 1. The third-order valence-corrected chi connectivity index (χ3v) is 3.51. The van der Waals surface area contributed by atoms with Crippen molar-refractivity contribution in [2.75, 3.05) is 0 Å². The summed E-state index contributed by atoms with van der Waals surface area (Å²) in [6.07, 6.45) is 1.69. The SMILES string of the molecule is Cc1cccc([C@H](C)NCc2occc2Br)c1. The first-order chi connectivity index (χ1) is 8.16. The summed E-state index contributed by atoms with van der Waals surface area (Å²) in [5.74, 6) is 0.935. The predicted octanol–water partition coefficient (Wildman–Crippen LogP) is 4.20. The lowest BCUT2D eigenvalue weighted by molar-refractivity contribution is 0.458. The maximum absolute atomic E-state index is 5.36. The summed E-state index contributed by atoms with van der Waals surface area (Å²) in [5, 5.41) is 3.45. The van der Waals surface area contributed by atoms with E-state index in [1.807, 2.05) is 6.07 Å². The van der Waals surface area contributed by atoms with Crippen LogP contribution < -0.4 is 5.32 Å². The lowest BCUT2D eigenvalue weighted by Crippen LogP contribution is -2.18. The van der Waals surface area contributed by atoms with Gasteiger partial charge in [-0.1, -0.05) is 29.8 Å². The second kappa shape index (κ2) is 5.52. The van der Waals surface area contributed by atoms with Gasteiger partial charge in [0.1, 0.15) is 5.76 Å². The van der Waals surface area contributed by atoms with Crippen molar-refractivity contribution in [3.63, 3.8) is 0 Å². The number of benzene rings is 1. The Morgan fingerprint density at radius 3 is 2.82 bits per heavy atom. The fraction of sp³-hybridized carbons (Fsp3) is 0.286. The average Bonchev–Trinajstić information content (AvgIpc) is 2.72. The summed E-state index contributed by atoms with van der Waals surface area (Å²) in [5.41, 5.74) is 2.59. The van der Waals surface area contributed by atoms with Crippen molar-refractivity contribution in [3.8, 4) is 0 Å². The molecule has 0 radical (unpaired) electrons. The smallest absolute Gasteiger partial charge is 0.131 e. The molecule has 2 rings (SSSR count). The minimum absolute atomic E-state index is 0.312. The molecule has 3 heteroatoms. The Hall–Kier alpha value is -1.06. The van der Waals surface area contributed by atoms with Crippen LogP contribution in [0.4, 0.5) is 0 Å². The number of hydrogen-bond donors (Lipinski definition) is 1. The first-order valence-electron chi connectivity index (χ1n) is 5.68. The molecule has 1 aromatic heterocycles. The molecular weight excluding hydrogens is 278 g/mol. The Labute approximate surface area is 110 Å². The number of halogens is 1. The van der Waals surface area contributed by atoms with Gasteiger partial charge in [-0.25, -0.2) is 0 Å². The number of furan rings is 1. The van der Waals surface area contributed by atoms with Gasteiger partial charge in [0, 0.05) is 6.04 Å². The van der Waals surface area contributed by atoms with E-state index < -0.39 is 0 Å². The van der Waals surface area contributed by atoms with Gasteiger partial charge in [0.15, 0.2) is 0 Å². The van der Waals surface area contributed by atoms with Gasteiger partial charge in [-0.2, -0.15) is 0 Å². The van der Waals surface area contributed by atoms with Crippen LogP contribution in [0.5, 0.6) is 0 Å². The highest BCUT2D eigenvalue weighted by Gasteiger charge is 2.08. The summed E-state index contributed by atoms with van der Waals surface area (Å²) in [6.45, 7) is 4.99. The van der Waals surface area contributed by atoms with E-state index in [2.05, 4.69) is 59.4 Å². The highest BCUT2D eigenvalue weighted by Crippen LogP contribution is 2.19. The van der Waals surface area contributed by atoms with E-state index in [4.69, 9.17) is 4.42 Å². The highest BCUT2D eigenvalue weighted by atomic mass is 79.9. The summed E-state index contributed by atoms with van der Waals surface area (Å²) in [4.78, 5) is 0. The van der Waals surface area contributed by atoms with E-state index in [0.717, 1.165) is 16.8 Å². The maximum atomic E-state index is 5.36. The fourth-order valence-electron chi connectivity index (χ4n) is 1.75. The van der Waals surface area contributed by atoms with Gasteiger partial charge in [0.25, 0.3) is 0 Å². The third kappa shape index (κ3) is 3.20. The van der Waals surface area contributed by atoms with Crippen LogP contribution in [0.2, 0.25) is 0 Å². The molecule has 1 heterocycles. The van der Waals surface area contributed by atoms with Gasteiger partial charge < -0.3 is 9.73 Å². The van der Waals surface area contributed by atoms with Crippen molar-refractivity contribution < 1.29 is 4.42 Å². The zero-order valence-corrected chi connectivity index (χ0v) is 11.6. The van der Waals surface area contributed by atoms with Crippen molar-refractivity contribution in [1.29, 1.82) is 0 Å². The molecule has 0 saturated heterocycles. The van der Waals surface area contributed by atoms with E-state index in [-0.39, 0.29) is 0 Å². The van der Waals surface area contributed by atoms with Crippen LogP contribution in [0.15, 0.2) is 45.5 Å². The lowest BCUT2D eigenvalue weighted by Gasteiger charge is -2.14. The Morgan fingerprint density at radius 1 is 1.35 bits per heavy atom. The normalized spacial score (nSPS) is 12.6. The lowest BCUT2D eigenvalue weighted by atomic mass is 10.1. The summed E-state index contributed by atoms with van der Waals surface area (Å²) < 4.78 is 6.38. The Morgan fingerprint density at radius 2 is 2.18 bits per heavy atom. The van der Waals surface area contributed by atoms with Gasteiger partial charge in [-0.05, 0) is 41.4 Å². The first-order valence-corrected chi connectivity index (χ1v) is 6.48. The number of hydrogen-bond acceptors (Lipinski definition) is 2. The Kier molecular flexibility index (Phi) is 4.02. The summed E-state index contributed by atoms with van der Waals surface area (Å²) >= 11 is 3.45. The van der Waals surface area contributed by atoms with Crippen LogP contribution in [0.3, 0.4) is 0 Å². The molecule has 0 aliphatic rings. The van der Waals surface area contributed by atoms with Gasteiger partial charge in [-0.15, -0.1) is 0 Å².